The molecule has 1 fully saturated rings. The first-order valence-corrected chi connectivity index (χ1v) is 4.14. The summed E-state index contributed by atoms with van der Waals surface area (Å²) in [6, 6.07) is 0. The van der Waals surface area contributed by atoms with Crippen molar-refractivity contribution in [2.24, 2.45) is 11.3 Å². The van der Waals surface area contributed by atoms with Crippen molar-refractivity contribution in [3.05, 3.63) is 0 Å². The molecule has 2 atom stereocenters. The average molecular weight is 158 g/mol. The lowest BCUT2D eigenvalue weighted by Crippen LogP contribution is -2.40. The van der Waals surface area contributed by atoms with Gasteiger partial charge >= 0.3 is 0 Å². The Balaban J connectivity index is 2.73. The van der Waals surface area contributed by atoms with Crippen LogP contribution in [0.1, 0.15) is 27.7 Å². The summed E-state index contributed by atoms with van der Waals surface area (Å²) in [4.78, 5) is 0. The van der Waals surface area contributed by atoms with Gasteiger partial charge < -0.3 is 9.84 Å². The molecule has 1 aliphatic heterocycles. The fourth-order valence-corrected chi connectivity index (χ4v) is 1.85. The van der Waals surface area contributed by atoms with Crippen LogP contribution >= 0.6 is 0 Å². The number of hydrogen-bond donors (Lipinski definition) is 1. The Bertz CT molecular complexity index is 144. The van der Waals surface area contributed by atoms with Crippen LogP contribution in [0.3, 0.4) is 0 Å². The molecule has 0 spiro atoms. The molecule has 0 saturated carbocycles. The van der Waals surface area contributed by atoms with E-state index in [9.17, 15) is 5.11 Å². The van der Waals surface area contributed by atoms with Crippen molar-refractivity contribution in [1.29, 1.82) is 0 Å². The van der Waals surface area contributed by atoms with E-state index in [4.69, 9.17) is 4.74 Å². The normalized spacial score (nSPS) is 39.5. The first kappa shape index (κ1) is 9.01. The lowest BCUT2D eigenvalue weighted by atomic mass is 9.73. The first-order valence-electron chi connectivity index (χ1n) is 4.14. The van der Waals surface area contributed by atoms with Crippen molar-refractivity contribution in [3.8, 4) is 0 Å². The Morgan fingerprint density at radius 2 is 2.00 bits per heavy atom. The maximum absolute atomic E-state index is 9.86. The van der Waals surface area contributed by atoms with Gasteiger partial charge in [-0.2, -0.15) is 0 Å². The van der Waals surface area contributed by atoms with Gasteiger partial charge in [-0.3, -0.25) is 0 Å². The summed E-state index contributed by atoms with van der Waals surface area (Å²) in [5.74, 6) is 0.259. The average Bonchev–Trinajstić information content (AvgIpc) is 2.06. The van der Waals surface area contributed by atoms with Gasteiger partial charge in [0.15, 0.2) is 0 Å². The van der Waals surface area contributed by atoms with Gasteiger partial charge in [-0.1, -0.05) is 20.8 Å². The molecule has 0 aliphatic carbocycles. The van der Waals surface area contributed by atoms with Gasteiger partial charge in [0.05, 0.1) is 18.8 Å². The summed E-state index contributed by atoms with van der Waals surface area (Å²) < 4.78 is 5.25. The van der Waals surface area contributed by atoms with Crippen LogP contribution in [-0.4, -0.2) is 23.9 Å². The molecule has 2 nitrogen and oxygen atoms in total. The summed E-state index contributed by atoms with van der Waals surface area (Å²) >= 11 is 0. The third-order valence-electron chi connectivity index (χ3n) is 2.47. The van der Waals surface area contributed by atoms with Crippen molar-refractivity contribution in [1.82, 2.24) is 0 Å². The van der Waals surface area contributed by atoms with Gasteiger partial charge in [-0.25, -0.2) is 0 Å². The highest BCUT2D eigenvalue weighted by Crippen LogP contribution is 2.38. The van der Waals surface area contributed by atoms with Crippen LogP contribution in [0.4, 0.5) is 0 Å². The van der Waals surface area contributed by atoms with Crippen LogP contribution in [0.25, 0.3) is 0 Å². The van der Waals surface area contributed by atoms with Crippen LogP contribution in [0.15, 0.2) is 0 Å². The van der Waals surface area contributed by atoms with E-state index in [1.807, 2.05) is 6.92 Å². The van der Waals surface area contributed by atoms with Gasteiger partial charge in [-0.05, 0) is 12.3 Å². The van der Waals surface area contributed by atoms with Crippen molar-refractivity contribution < 1.29 is 9.84 Å². The number of hydrogen-bond acceptors (Lipinski definition) is 2. The van der Waals surface area contributed by atoms with Gasteiger partial charge in [0.1, 0.15) is 0 Å². The highest BCUT2D eigenvalue weighted by molar-refractivity contribution is 4.93. The fourth-order valence-electron chi connectivity index (χ4n) is 1.85. The molecule has 11 heavy (non-hydrogen) atoms. The minimum absolute atomic E-state index is 0.139. The Morgan fingerprint density at radius 1 is 1.45 bits per heavy atom. The lowest BCUT2D eigenvalue weighted by Gasteiger charge is -2.34. The number of ether oxygens (including phenoxy) is 1. The zero-order valence-electron chi connectivity index (χ0n) is 7.85. The SMILES string of the molecule is CC(C)(C)[C@@H]1COC[C@]1(C)O. The van der Waals surface area contributed by atoms with Gasteiger partial charge in [0.2, 0.25) is 0 Å². The van der Waals surface area contributed by atoms with Crippen molar-refractivity contribution >= 4 is 0 Å². The van der Waals surface area contributed by atoms with Crippen LogP contribution in [0, 0.1) is 11.3 Å². The molecule has 0 aromatic heterocycles. The Kier molecular flexibility index (Phi) is 2.01. The molecule has 0 unspecified atom stereocenters. The van der Waals surface area contributed by atoms with E-state index in [-0.39, 0.29) is 11.3 Å². The van der Waals surface area contributed by atoms with E-state index in [1.165, 1.54) is 0 Å². The van der Waals surface area contributed by atoms with Crippen molar-refractivity contribution in [3.63, 3.8) is 0 Å². The highest BCUT2D eigenvalue weighted by atomic mass is 16.5. The first-order chi connectivity index (χ1) is 4.84. The molecule has 1 N–H and O–H groups in total. The molecular formula is C9H18O2. The molecule has 0 amide bonds. The summed E-state index contributed by atoms with van der Waals surface area (Å²) in [5.41, 5.74) is -0.488. The quantitative estimate of drug-likeness (QED) is 0.578. The Labute approximate surface area is 68.6 Å². The second-order valence-electron chi connectivity index (χ2n) is 4.79. The summed E-state index contributed by atoms with van der Waals surface area (Å²) in [6.07, 6.45) is 0. The van der Waals surface area contributed by atoms with E-state index in [1.54, 1.807) is 0 Å². The molecular weight excluding hydrogens is 140 g/mol. The zero-order chi connectivity index (χ0) is 8.70. The maximum atomic E-state index is 9.86. The molecule has 2 heteroatoms. The molecule has 1 rings (SSSR count). The van der Waals surface area contributed by atoms with E-state index in [0.717, 1.165) is 0 Å². The smallest absolute Gasteiger partial charge is 0.0907 e. The third kappa shape index (κ3) is 1.74. The number of rotatable bonds is 0. The van der Waals surface area contributed by atoms with Crippen LogP contribution in [-0.2, 0) is 4.74 Å². The Morgan fingerprint density at radius 3 is 2.18 bits per heavy atom. The lowest BCUT2D eigenvalue weighted by molar-refractivity contribution is -0.0144. The monoisotopic (exact) mass is 158 g/mol. The molecule has 1 heterocycles. The van der Waals surface area contributed by atoms with Gasteiger partial charge in [0.25, 0.3) is 0 Å². The summed E-state index contributed by atoms with van der Waals surface area (Å²) in [5, 5.41) is 9.86. The van der Waals surface area contributed by atoms with E-state index >= 15 is 0 Å². The van der Waals surface area contributed by atoms with Crippen LogP contribution in [0.5, 0.6) is 0 Å². The largest absolute Gasteiger partial charge is 0.387 e. The second-order valence-corrected chi connectivity index (χ2v) is 4.79. The third-order valence-corrected chi connectivity index (χ3v) is 2.47. The van der Waals surface area contributed by atoms with E-state index in [0.29, 0.717) is 13.2 Å². The fraction of sp³-hybridized carbons (Fsp3) is 1.00. The predicted octanol–water partition coefficient (Wildman–Crippen LogP) is 1.43. The van der Waals surface area contributed by atoms with Crippen molar-refractivity contribution in [2.45, 2.75) is 33.3 Å². The highest BCUT2D eigenvalue weighted by Gasteiger charge is 2.44. The molecule has 0 aromatic rings. The minimum atomic E-state index is -0.627. The Hall–Kier alpha value is -0.0800. The molecule has 0 aromatic carbocycles. The van der Waals surface area contributed by atoms with E-state index in [2.05, 4.69) is 20.8 Å². The maximum Gasteiger partial charge on any atom is 0.0907 e. The van der Waals surface area contributed by atoms with Crippen LogP contribution in [0.2, 0.25) is 0 Å². The topological polar surface area (TPSA) is 29.5 Å². The standard InChI is InChI=1S/C9H18O2/c1-8(2,3)7-5-11-6-9(7,4)10/h7,10H,5-6H2,1-4H3/t7-,9-/m0/s1. The molecule has 0 bridgehead atoms. The minimum Gasteiger partial charge on any atom is -0.387 e. The van der Waals surface area contributed by atoms with Gasteiger partial charge in [0, 0.05) is 5.92 Å². The van der Waals surface area contributed by atoms with Gasteiger partial charge in [-0.15, -0.1) is 0 Å². The van der Waals surface area contributed by atoms with E-state index < -0.39 is 5.60 Å². The summed E-state index contributed by atoms with van der Waals surface area (Å²) in [6.45, 7) is 9.45. The number of aliphatic hydroxyl groups is 1. The molecule has 1 aliphatic rings. The second kappa shape index (κ2) is 2.46. The molecule has 1 saturated heterocycles. The summed E-state index contributed by atoms with van der Waals surface area (Å²) in [7, 11) is 0. The molecule has 0 radical (unpaired) electrons. The molecule has 66 valence electrons. The van der Waals surface area contributed by atoms with Crippen molar-refractivity contribution in [2.75, 3.05) is 13.2 Å². The predicted molar refractivity (Wildman–Crippen MR) is 44.4 cm³/mol. The zero-order valence-corrected chi connectivity index (χ0v) is 7.85. The van der Waals surface area contributed by atoms with Crippen LogP contribution < -0.4 is 0 Å².